The van der Waals surface area contributed by atoms with Crippen LogP contribution in [0.5, 0.6) is 0 Å². The molecule has 2 N–H and O–H groups in total. The standard InChI is InChI=1S/C24H26ClFN8O/c1-15-3-2-6-34(15)24-30-20(16-4-5-19(26)18(25)11-16)12-21(31-24)32-7-9-33(10-8-32)23-28-13-17(14-29-23)22(27)35/h4-5,11-15H,2-3,6-10H2,1H3,(H2,27,35). The first-order valence-electron chi connectivity index (χ1n) is 11.6. The maximum absolute atomic E-state index is 13.8. The molecule has 0 bridgehead atoms. The molecule has 9 nitrogen and oxygen atoms in total. The summed E-state index contributed by atoms with van der Waals surface area (Å²) in [5.74, 6) is 1.04. The summed E-state index contributed by atoms with van der Waals surface area (Å²) >= 11 is 6.06. The van der Waals surface area contributed by atoms with Gasteiger partial charge in [-0.2, -0.15) is 4.98 Å². The molecule has 1 aromatic carbocycles. The Labute approximate surface area is 207 Å². The first kappa shape index (κ1) is 23.2. The second-order valence-electron chi connectivity index (χ2n) is 8.84. The fourth-order valence-corrected chi connectivity index (χ4v) is 4.67. The lowest BCUT2D eigenvalue weighted by molar-refractivity contribution is 0.0999. The number of nitrogens with zero attached hydrogens (tertiary/aromatic N) is 7. The molecule has 0 saturated carbocycles. The third-order valence-electron chi connectivity index (χ3n) is 6.54. The number of benzene rings is 1. The molecular weight excluding hydrogens is 471 g/mol. The van der Waals surface area contributed by atoms with E-state index in [-0.39, 0.29) is 10.6 Å². The summed E-state index contributed by atoms with van der Waals surface area (Å²) in [5.41, 5.74) is 7.02. The molecule has 35 heavy (non-hydrogen) atoms. The smallest absolute Gasteiger partial charge is 0.251 e. The maximum Gasteiger partial charge on any atom is 0.251 e. The van der Waals surface area contributed by atoms with Crippen molar-refractivity contribution in [3.63, 3.8) is 0 Å². The van der Waals surface area contributed by atoms with E-state index in [1.807, 2.05) is 6.07 Å². The van der Waals surface area contributed by atoms with Crippen molar-refractivity contribution in [2.45, 2.75) is 25.8 Å². The highest BCUT2D eigenvalue weighted by molar-refractivity contribution is 6.31. The first-order chi connectivity index (χ1) is 16.9. The minimum atomic E-state index is -0.550. The lowest BCUT2D eigenvalue weighted by atomic mass is 10.1. The largest absolute Gasteiger partial charge is 0.366 e. The number of halogens is 2. The van der Waals surface area contributed by atoms with Crippen molar-refractivity contribution in [2.75, 3.05) is 47.4 Å². The van der Waals surface area contributed by atoms with Gasteiger partial charge in [-0.3, -0.25) is 4.79 Å². The molecular formula is C24H26ClFN8O. The predicted octanol–water partition coefficient (Wildman–Crippen LogP) is 3.14. The second-order valence-corrected chi connectivity index (χ2v) is 9.24. The number of primary amides is 1. The van der Waals surface area contributed by atoms with E-state index >= 15 is 0 Å². The number of carbonyl (C=O) groups is 1. The van der Waals surface area contributed by atoms with Gasteiger partial charge >= 0.3 is 0 Å². The summed E-state index contributed by atoms with van der Waals surface area (Å²) in [7, 11) is 0. The van der Waals surface area contributed by atoms with Crippen LogP contribution < -0.4 is 20.4 Å². The van der Waals surface area contributed by atoms with Crippen LogP contribution in [0.2, 0.25) is 5.02 Å². The topological polar surface area (TPSA) is 104 Å². The number of rotatable bonds is 5. The minimum Gasteiger partial charge on any atom is -0.366 e. The van der Waals surface area contributed by atoms with Crippen LogP contribution in [0.4, 0.5) is 22.1 Å². The Morgan fingerprint density at radius 3 is 2.37 bits per heavy atom. The quantitative estimate of drug-likeness (QED) is 0.574. The Morgan fingerprint density at radius 2 is 1.74 bits per heavy atom. The van der Waals surface area contributed by atoms with Crippen LogP contribution in [0.15, 0.2) is 36.7 Å². The van der Waals surface area contributed by atoms with Crippen LogP contribution >= 0.6 is 11.6 Å². The van der Waals surface area contributed by atoms with Crippen molar-refractivity contribution in [1.29, 1.82) is 0 Å². The second kappa shape index (κ2) is 9.61. The number of amides is 1. The van der Waals surface area contributed by atoms with Gasteiger partial charge < -0.3 is 20.4 Å². The van der Waals surface area contributed by atoms with Gasteiger partial charge in [-0.15, -0.1) is 0 Å². The van der Waals surface area contributed by atoms with E-state index in [9.17, 15) is 9.18 Å². The lowest BCUT2D eigenvalue weighted by Crippen LogP contribution is -2.47. The normalized spacial score (nSPS) is 18.3. The van der Waals surface area contributed by atoms with Crippen molar-refractivity contribution in [3.8, 4) is 11.3 Å². The molecule has 2 aliphatic rings. The molecule has 2 aliphatic heterocycles. The van der Waals surface area contributed by atoms with Gasteiger partial charge in [-0.05, 0) is 38.0 Å². The molecule has 2 saturated heterocycles. The van der Waals surface area contributed by atoms with Gasteiger partial charge in [0.15, 0.2) is 0 Å². The summed E-state index contributed by atoms with van der Waals surface area (Å²) in [6.45, 7) is 5.87. The molecule has 4 heterocycles. The Hall–Kier alpha value is -3.53. The molecule has 1 amide bonds. The van der Waals surface area contributed by atoms with Crippen LogP contribution in [-0.4, -0.2) is 64.6 Å². The van der Waals surface area contributed by atoms with E-state index < -0.39 is 11.7 Å². The summed E-state index contributed by atoms with van der Waals surface area (Å²) in [6, 6.07) is 6.94. The highest BCUT2D eigenvalue weighted by atomic mass is 35.5. The zero-order valence-corrected chi connectivity index (χ0v) is 20.1. The molecule has 11 heteroatoms. The number of piperazine rings is 1. The summed E-state index contributed by atoms with van der Waals surface area (Å²) in [4.78, 5) is 36.1. The average molecular weight is 497 g/mol. The zero-order chi connectivity index (χ0) is 24.5. The number of hydrogen-bond acceptors (Lipinski definition) is 8. The van der Waals surface area contributed by atoms with Gasteiger partial charge in [-0.25, -0.2) is 19.3 Å². The van der Waals surface area contributed by atoms with Crippen LogP contribution in [-0.2, 0) is 0 Å². The fourth-order valence-electron chi connectivity index (χ4n) is 4.49. The molecule has 5 rings (SSSR count). The molecule has 0 radical (unpaired) electrons. The van der Waals surface area contributed by atoms with Gasteiger partial charge in [0.1, 0.15) is 11.6 Å². The van der Waals surface area contributed by atoms with Crippen LogP contribution in [0.25, 0.3) is 11.3 Å². The Morgan fingerprint density at radius 1 is 1.03 bits per heavy atom. The highest BCUT2D eigenvalue weighted by Gasteiger charge is 2.26. The van der Waals surface area contributed by atoms with Crippen LogP contribution in [0.1, 0.15) is 30.1 Å². The molecule has 2 fully saturated rings. The van der Waals surface area contributed by atoms with Crippen molar-refractivity contribution in [1.82, 2.24) is 19.9 Å². The van der Waals surface area contributed by atoms with Gasteiger partial charge in [0.2, 0.25) is 11.9 Å². The molecule has 2 aromatic heterocycles. The summed E-state index contributed by atoms with van der Waals surface area (Å²) < 4.78 is 13.8. The van der Waals surface area contributed by atoms with Crippen LogP contribution in [0, 0.1) is 5.82 Å². The minimum absolute atomic E-state index is 0.0646. The summed E-state index contributed by atoms with van der Waals surface area (Å²) in [6.07, 6.45) is 5.09. The third kappa shape index (κ3) is 4.84. The lowest BCUT2D eigenvalue weighted by Gasteiger charge is -2.36. The average Bonchev–Trinajstić information content (AvgIpc) is 3.31. The fraction of sp³-hybridized carbons (Fsp3) is 0.375. The van der Waals surface area contributed by atoms with Gasteiger partial charge in [0.05, 0.1) is 16.3 Å². The van der Waals surface area contributed by atoms with E-state index in [0.717, 1.165) is 30.8 Å². The van der Waals surface area contributed by atoms with Gasteiger partial charge in [-0.1, -0.05) is 11.6 Å². The number of anilines is 3. The zero-order valence-electron chi connectivity index (χ0n) is 19.4. The van der Waals surface area contributed by atoms with E-state index in [2.05, 4.69) is 31.6 Å². The van der Waals surface area contributed by atoms with Crippen molar-refractivity contribution in [3.05, 3.63) is 53.1 Å². The number of carbonyl (C=O) groups excluding carboxylic acids is 1. The molecule has 3 aromatic rings. The SMILES string of the molecule is CC1CCCN1c1nc(-c2ccc(F)c(Cl)c2)cc(N2CCN(c3ncc(C(N)=O)cn3)CC2)n1. The number of aromatic nitrogens is 4. The van der Waals surface area contributed by atoms with Crippen molar-refractivity contribution < 1.29 is 9.18 Å². The van der Waals surface area contributed by atoms with E-state index in [4.69, 9.17) is 27.3 Å². The van der Waals surface area contributed by atoms with E-state index in [1.165, 1.54) is 18.5 Å². The van der Waals surface area contributed by atoms with Crippen molar-refractivity contribution >= 4 is 35.2 Å². The molecule has 0 aliphatic carbocycles. The van der Waals surface area contributed by atoms with Crippen LogP contribution in [0.3, 0.4) is 0 Å². The van der Waals surface area contributed by atoms with E-state index in [1.54, 1.807) is 12.1 Å². The summed E-state index contributed by atoms with van der Waals surface area (Å²) in [5, 5.41) is 0.0646. The number of nitrogens with two attached hydrogens (primary N) is 1. The molecule has 1 atom stereocenters. The van der Waals surface area contributed by atoms with E-state index in [0.29, 0.717) is 49.8 Å². The van der Waals surface area contributed by atoms with Gasteiger partial charge in [0, 0.05) is 62.8 Å². The molecule has 182 valence electrons. The Balaban J connectivity index is 1.40. The maximum atomic E-state index is 13.8. The predicted molar refractivity (Wildman–Crippen MR) is 133 cm³/mol. The highest BCUT2D eigenvalue weighted by Crippen LogP contribution is 2.31. The monoisotopic (exact) mass is 496 g/mol. The van der Waals surface area contributed by atoms with Crippen molar-refractivity contribution in [2.24, 2.45) is 5.73 Å². The number of hydrogen-bond donors (Lipinski definition) is 1. The van der Waals surface area contributed by atoms with Gasteiger partial charge in [0.25, 0.3) is 5.91 Å². The first-order valence-corrected chi connectivity index (χ1v) is 12.0. The molecule has 1 unspecified atom stereocenters. The third-order valence-corrected chi connectivity index (χ3v) is 6.82. The Kier molecular flexibility index (Phi) is 6.38. The molecule has 0 spiro atoms. The Bertz CT molecular complexity index is 1230.